The number of nitrogens with zero attached hydrogens (tertiary/aromatic N) is 1. The lowest BCUT2D eigenvalue weighted by Crippen LogP contribution is -2.46. The minimum atomic E-state index is -0.111. The number of carbonyl (C=O) groups excluding carboxylic acids is 1. The van der Waals surface area contributed by atoms with Crippen molar-refractivity contribution < 1.29 is 14.3 Å². The van der Waals surface area contributed by atoms with Gasteiger partial charge < -0.3 is 19.7 Å². The highest BCUT2D eigenvalue weighted by Crippen LogP contribution is 2.24. The molecule has 2 heterocycles. The molecule has 27 heavy (non-hydrogen) atoms. The summed E-state index contributed by atoms with van der Waals surface area (Å²) in [6, 6.07) is 7.17. The Kier molecular flexibility index (Phi) is 8.11. The van der Waals surface area contributed by atoms with E-state index in [0.717, 1.165) is 36.8 Å². The van der Waals surface area contributed by atoms with Gasteiger partial charge in [0, 0.05) is 30.7 Å². The molecule has 1 saturated heterocycles. The number of rotatable bonds is 8. The molecule has 0 aromatic heterocycles. The second-order valence-corrected chi connectivity index (χ2v) is 8.36. The zero-order valence-electron chi connectivity index (χ0n) is 14.8. The average Bonchev–Trinajstić information content (AvgIpc) is 3.08. The number of hydrogen-bond acceptors (Lipinski definition) is 6. The number of amides is 1. The third kappa shape index (κ3) is 7.18. The van der Waals surface area contributed by atoms with Crippen LogP contribution in [0, 0.1) is 0 Å². The molecule has 2 aliphatic heterocycles. The van der Waals surface area contributed by atoms with E-state index in [4.69, 9.17) is 32.7 Å². The van der Waals surface area contributed by atoms with Gasteiger partial charge in [0.15, 0.2) is 6.61 Å². The first-order valence-electron chi connectivity index (χ1n) is 8.90. The molecular formula is C18H23Cl2N3O3S. The molecule has 2 aliphatic rings. The predicted octanol–water partition coefficient (Wildman–Crippen LogP) is 2.97. The molecule has 3 rings (SSSR count). The molecule has 1 fully saturated rings. The highest BCUT2D eigenvalue weighted by Gasteiger charge is 2.21. The lowest BCUT2D eigenvalue weighted by Gasteiger charge is -2.32. The van der Waals surface area contributed by atoms with E-state index in [-0.39, 0.29) is 24.8 Å². The second-order valence-electron chi connectivity index (χ2n) is 6.41. The Morgan fingerprint density at radius 3 is 2.67 bits per heavy atom. The van der Waals surface area contributed by atoms with E-state index in [2.05, 4.69) is 14.9 Å². The topological polar surface area (TPSA) is 62.8 Å². The molecular weight excluding hydrogens is 409 g/mol. The molecule has 0 spiro atoms. The summed E-state index contributed by atoms with van der Waals surface area (Å²) in [5, 5.41) is 3.68. The largest absolute Gasteiger partial charge is 0.484 e. The number of likely N-dealkylation sites (tertiary alicyclic amines) is 1. The monoisotopic (exact) mass is 431 g/mol. The third-order valence-corrected chi connectivity index (χ3v) is 5.69. The zero-order valence-corrected chi connectivity index (χ0v) is 17.2. The zero-order chi connectivity index (χ0) is 19.1. The van der Waals surface area contributed by atoms with Gasteiger partial charge in [-0.15, -0.1) is 0 Å². The molecule has 1 aromatic carbocycles. The number of halogens is 2. The summed E-state index contributed by atoms with van der Waals surface area (Å²) in [4.78, 5) is 14.4. The van der Waals surface area contributed by atoms with E-state index in [0.29, 0.717) is 17.4 Å². The molecule has 0 bridgehead atoms. The Hall–Kier alpha value is -0.960. The lowest BCUT2D eigenvalue weighted by molar-refractivity contribution is -0.124. The maximum absolute atomic E-state index is 12.1. The van der Waals surface area contributed by atoms with Gasteiger partial charge in [-0.2, -0.15) is 0 Å². The molecule has 1 amide bonds. The van der Waals surface area contributed by atoms with Crippen molar-refractivity contribution in [2.24, 2.45) is 0 Å². The van der Waals surface area contributed by atoms with Crippen LogP contribution >= 0.6 is 35.1 Å². The number of nitrogens with one attached hydrogen (secondary N) is 2. The summed E-state index contributed by atoms with van der Waals surface area (Å²) in [6.07, 6.45) is 3.60. The van der Waals surface area contributed by atoms with Gasteiger partial charge in [0.05, 0.1) is 11.0 Å². The van der Waals surface area contributed by atoms with Gasteiger partial charge in [-0.05, 0) is 55.1 Å². The normalized spacial score (nSPS) is 21.1. The molecule has 2 N–H and O–H groups in total. The number of carbonyl (C=O) groups is 1. The van der Waals surface area contributed by atoms with Crippen LogP contribution in [0.4, 0.5) is 0 Å². The van der Waals surface area contributed by atoms with E-state index >= 15 is 0 Å². The standard InChI is InChI=1S/C18H23Cl2N3O3S/c19-13-1-3-15(4-2-13)26-12-17(24)21-14-5-7-23(8-6-14)9-10-25-18-11-16(20)27-22-18/h1-4,11,14,18,22H,5-10,12H2,(H,21,24). The SMILES string of the molecule is O=C(COc1ccc(Cl)cc1)NC1CCN(CCOC2C=C(Cl)SN2)CC1. The van der Waals surface area contributed by atoms with Crippen molar-refractivity contribution in [2.45, 2.75) is 25.1 Å². The summed E-state index contributed by atoms with van der Waals surface area (Å²) in [7, 11) is 0. The number of hydrogen-bond donors (Lipinski definition) is 2. The molecule has 1 atom stereocenters. The van der Waals surface area contributed by atoms with Crippen molar-refractivity contribution in [3.63, 3.8) is 0 Å². The summed E-state index contributed by atoms with van der Waals surface area (Å²) in [6.45, 7) is 3.41. The average molecular weight is 432 g/mol. The molecule has 6 nitrogen and oxygen atoms in total. The van der Waals surface area contributed by atoms with E-state index in [1.165, 1.54) is 11.9 Å². The Bertz CT molecular complexity index is 652. The van der Waals surface area contributed by atoms with Crippen molar-refractivity contribution in [1.82, 2.24) is 14.9 Å². The molecule has 0 aliphatic carbocycles. The third-order valence-electron chi connectivity index (χ3n) is 4.40. The van der Waals surface area contributed by atoms with Crippen LogP contribution in [-0.2, 0) is 9.53 Å². The van der Waals surface area contributed by atoms with Crippen LogP contribution in [0.2, 0.25) is 5.02 Å². The molecule has 1 aromatic rings. The highest BCUT2D eigenvalue weighted by atomic mass is 35.5. The van der Waals surface area contributed by atoms with Crippen LogP contribution in [-0.4, -0.2) is 55.9 Å². The summed E-state index contributed by atoms with van der Waals surface area (Å²) in [5.41, 5.74) is 0. The van der Waals surface area contributed by atoms with Gasteiger partial charge in [0.1, 0.15) is 12.0 Å². The highest BCUT2D eigenvalue weighted by molar-refractivity contribution is 8.03. The molecule has 0 radical (unpaired) electrons. The molecule has 9 heteroatoms. The number of ether oxygens (including phenoxy) is 2. The first-order chi connectivity index (χ1) is 13.1. The lowest BCUT2D eigenvalue weighted by atomic mass is 10.1. The van der Waals surface area contributed by atoms with Crippen LogP contribution < -0.4 is 14.8 Å². The van der Waals surface area contributed by atoms with Crippen LogP contribution in [0.3, 0.4) is 0 Å². The minimum absolute atomic E-state index is 0.0121. The van der Waals surface area contributed by atoms with E-state index in [1.54, 1.807) is 24.3 Å². The van der Waals surface area contributed by atoms with Crippen LogP contribution in [0.5, 0.6) is 5.75 Å². The molecule has 148 valence electrons. The van der Waals surface area contributed by atoms with E-state index < -0.39 is 0 Å². The van der Waals surface area contributed by atoms with Crippen LogP contribution in [0.25, 0.3) is 0 Å². The fraction of sp³-hybridized carbons (Fsp3) is 0.500. The van der Waals surface area contributed by atoms with Crippen molar-refractivity contribution in [2.75, 3.05) is 32.8 Å². The van der Waals surface area contributed by atoms with E-state index in [9.17, 15) is 4.79 Å². The summed E-state index contributed by atoms with van der Waals surface area (Å²) < 4.78 is 15.0. The van der Waals surface area contributed by atoms with Crippen molar-refractivity contribution in [3.05, 3.63) is 39.7 Å². The first-order valence-corrected chi connectivity index (χ1v) is 10.5. The molecule has 0 saturated carbocycles. The van der Waals surface area contributed by atoms with Gasteiger partial charge >= 0.3 is 0 Å². The maximum Gasteiger partial charge on any atom is 0.258 e. The fourth-order valence-corrected chi connectivity index (χ4v) is 3.87. The van der Waals surface area contributed by atoms with Gasteiger partial charge in [0.2, 0.25) is 0 Å². The van der Waals surface area contributed by atoms with Crippen molar-refractivity contribution in [1.29, 1.82) is 0 Å². The van der Waals surface area contributed by atoms with Crippen molar-refractivity contribution >= 4 is 41.1 Å². The Labute approximate surface area is 173 Å². The van der Waals surface area contributed by atoms with Gasteiger partial charge in [0.25, 0.3) is 5.91 Å². The second kappa shape index (κ2) is 10.5. The van der Waals surface area contributed by atoms with Gasteiger partial charge in [-0.3, -0.25) is 4.79 Å². The van der Waals surface area contributed by atoms with Crippen LogP contribution in [0.1, 0.15) is 12.8 Å². The Morgan fingerprint density at radius 2 is 2.00 bits per heavy atom. The number of piperidine rings is 1. The van der Waals surface area contributed by atoms with E-state index in [1.807, 2.05) is 6.08 Å². The van der Waals surface area contributed by atoms with Gasteiger partial charge in [-0.1, -0.05) is 23.2 Å². The summed E-state index contributed by atoms with van der Waals surface area (Å²) in [5.74, 6) is 0.538. The Balaban J connectivity index is 1.27. The number of benzene rings is 1. The van der Waals surface area contributed by atoms with Gasteiger partial charge in [-0.25, -0.2) is 4.72 Å². The smallest absolute Gasteiger partial charge is 0.258 e. The fourth-order valence-electron chi connectivity index (χ4n) is 2.94. The Morgan fingerprint density at radius 1 is 1.26 bits per heavy atom. The molecule has 1 unspecified atom stereocenters. The summed E-state index contributed by atoms with van der Waals surface area (Å²) >= 11 is 13.1. The van der Waals surface area contributed by atoms with Crippen molar-refractivity contribution in [3.8, 4) is 5.75 Å². The first kappa shape index (κ1) is 20.8. The maximum atomic E-state index is 12.1. The minimum Gasteiger partial charge on any atom is -0.484 e. The quantitative estimate of drug-likeness (QED) is 0.616. The predicted molar refractivity (Wildman–Crippen MR) is 109 cm³/mol. The van der Waals surface area contributed by atoms with Crippen LogP contribution in [0.15, 0.2) is 34.7 Å².